The number of anilines is 2. The Bertz CT molecular complexity index is 686. The summed E-state index contributed by atoms with van der Waals surface area (Å²) in [6, 6.07) is 6.62. The van der Waals surface area contributed by atoms with Gasteiger partial charge in [0.25, 0.3) is 0 Å². The van der Waals surface area contributed by atoms with Crippen LogP contribution in [0.15, 0.2) is 28.8 Å². The first kappa shape index (κ1) is 17.5. The lowest BCUT2D eigenvalue weighted by molar-refractivity contribution is -0.115. The number of carbonyl (C=O) groups is 2. The predicted octanol–water partition coefficient (Wildman–Crippen LogP) is 2.73. The lowest BCUT2D eigenvalue weighted by Gasteiger charge is -2.08. The summed E-state index contributed by atoms with van der Waals surface area (Å²) < 4.78 is 5.27. The first-order chi connectivity index (χ1) is 11.6. The lowest BCUT2D eigenvalue weighted by Crippen LogP contribution is -2.24. The van der Waals surface area contributed by atoms with Gasteiger partial charge in [-0.2, -0.15) is 0 Å². The van der Waals surface area contributed by atoms with Gasteiger partial charge in [0.2, 0.25) is 5.91 Å². The molecule has 2 rings (SSSR count). The third kappa shape index (κ3) is 4.34. The highest BCUT2D eigenvalue weighted by Crippen LogP contribution is 2.18. The van der Waals surface area contributed by atoms with Crippen molar-refractivity contribution in [1.82, 2.24) is 10.5 Å². The Kier molecular flexibility index (Phi) is 5.95. The van der Waals surface area contributed by atoms with Gasteiger partial charge in [-0.05, 0) is 30.7 Å². The molecule has 1 heterocycles. The van der Waals surface area contributed by atoms with Crippen LogP contribution in [0.3, 0.4) is 0 Å². The molecule has 0 aliphatic carbocycles. The van der Waals surface area contributed by atoms with E-state index in [1.165, 1.54) is 0 Å². The van der Waals surface area contributed by atoms with Gasteiger partial charge < -0.3 is 20.5 Å². The monoisotopic (exact) mass is 330 g/mol. The molecule has 0 fully saturated rings. The van der Waals surface area contributed by atoms with E-state index in [1.54, 1.807) is 31.3 Å². The maximum absolute atomic E-state index is 12.3. The number of hydrogen-bond donors (Lipinski definition) is 3. The Morgan fingerprint density at radius 2 is 1.67 bits per heavy atom. The number of aryl methyl sites for hydroxylation is 2. The Hall–Kier alpha value is -2.83. The largest absolute Gasteiger partial charge is 0.361 e. The van der Waals surface area contributed by atoms with E-state index in [2.05, 4.69) is 21.1 Å². The molecule has 0 saturated heterocycles. The second kappa shape index (κ2) is 8.14. The summed E-state index contributed by atoms with van der Waals surface area (Å²) in [5, 5.41) is 12.0. The van der Waals surface area contributed by atoms with Crippen LogP contribution < -0.4 is 16.0 Å². The van der Waals surface area contributed by atoms with Crippen molar-refractivity contribution in [2.24, 2.45) is 0 Å². The van der Waals surface area contributed by atoms with Crippen molar-refractivity contribution >= 4 is 23.3 Å². The van der Waals surface area contributed by atoms with Crippen molar-refractivity contribution in [3.05, 3.63) is 41.3 Å². The maximum atomic E-state index is 12.3. The second-order valence-corrected chi connectivity index (χ2v) is 5.24. The third-order valence-corrected chi connectivity index (χ3v) is 3.60. The van der Waals surface area contributed by atoms with E-state index in [0.29, 0.717) is 17.8 Å². The van der Waals surface area contributed by atoms with E-state index in [4.69, 9.17) is 4.52 Å². The number of nitrogens with one attached hydrogen (secondary N) is 3. The number of carbonyl (C=O) groups excluding carboxylic acids is 2. The molecule has 0 radical (unpaired) electrons. The van der Waals surface area contributed by atoms with Crippen LogP contribution in [0.5, 0.6) is 0 Å². The first-order valence-corrected chi connectivity index (χ1v) is 7.92. The molecule has 2 aromatic rings. The van der Waals surface area contributed by atoms with Gasteiger partial charge in [0, 0.05) is 30.4 Å². The molecule has 3 N–H and O–H groups in total. The van der Waals surface area contributed by atoms with Gasteiger partial charge in [-0.15, -0.1) is 0 Å². The summed E-state index contributed by atoms with van der Waals surface area (Å²) in [6.07, 6.45) is 1.66. The Balaban J connectivity index is 2.00. The zero-order chi connectivity index (χ0) is 17.5. The summed E-state index contributed by atoms with van der Waals surface area (Å²) in [7, 11) is 1.55. The molecule has 0 aliphatic rings. The van der Waals surface area contributed by atoms with Gasteiger partial charge in [-0.3, -0.25) is 4.79 Å². The summed E-state index contributed by atoms with van der Waals surface area (Å²) >= 11 is 0. The predicted molar refractivity (Wildman–Crippen MR) is 92.1 cm³/mol. The molecule has 7 nitrogen and oxygen atoms in total. The smallest absolute Gasteiger partial charge is 0.318 e. The second-order valence-electron chi connectivity index (χ2n) is 5.24. The fourth-order valence-electron chi connectivity index (χ4n) is 2.33. The molecule has 0 atom stereocenters. The van der Waals surface area contributed by atoms with Crippen molar-refractivity contribution in [2.45, 2.75) is 33.1 Å². The number of nitrogens with zero attached hydrogens (tertiary/aromatic N) is 1. The van der Waals surface area contributed by atoms with Crippen LogP contribution in [-0.4, -0.2) is 24.1 Å². The standard InChI is InChI=1S/C17H22N4O3/c1-4-14-13(15(5-2)24-21-14)10-16(22)19-11-6-8-12(9-7-11)20-17(23)18-3/h6-9H,4-5,10H2,1-3H3,(H,19,22)(H2,18,20,23). The summed E-state index contributed by atoms with van der Waals surface area (Å²) in [5.41, 5.74) is 3.01. The van der Waals surface area contributed by atoms with Crippen molar-refractivity contribution in [2.75, 3.05) is 17.7 Å². The average molecular weight is 330 g/mol. The Morgan fingerprint density at radius 1 is 1.04 bits per heavy atom. The highest BCUT2D eigenvalue weighted by Gasteiger charge is 2.16. The zero-order valence-corrected chi connectivity index (χ0v) is 14.1. The van der Waals surface area contributed by atoms with Gasteiger partial charge in [0.05, 0.1) is 12.1 Å². The summed E-state index contributed by atoms with van der Waals surface area (Å²) in [5.74, 6) is 0.627. The van der Waals surface area contributed by atoms with E-state index < -0.39 is 0 Å². The number of amides is 3. The fraction of sp³-hybridized carbons (Fsp3) is 0.353. The molecule has 0 aliphatic heterocycles. The SMILES string of the molecule is CCc1noc(CC)c1CC(=O)Nc1ccc(NC(=O)NC)cc1. The van der Waals surface area contributed by atoms with E-state index in [0.717, 1.165) is 23.4 Å². The normalized spacial score (nSPS) is 10.3. The van der Waals surface area contributed by atoms with Crippen LogP contribution in [-0.2, 0) is 24.1 Å². The minimum atomic E-state index is -0.293. The molecule has 1 aromatic heterocycles. The van der Waals surface area contributed by atoms with Gasteiger partial charge in [-0.1, -0.05) is 19.0 Å². The summed E-state index contributed by atoms with van der Waals surface area (Å²) in [6.45, 7) is 3.95. The molecule has 0 bridgehead atoms. The van der Waals surface area contributed by atoms with Gasteiger partial charge in [-0.25, -0.2) is 4.79 Å². The zero-order valence-electron chi connectivity index (χ0n) is 14.1. The minimum absolute atomic E-state index is 0.130. The van der Waals surface area contributed by atoms with Crippen LogP contribution in [0, 0.1) is 0 Å². The van der Waals surface area contributed by atoms with Crippen LogP contribution in [0.4, 0.5) is 16.2 Å². The molecule has 0 spiro atoms. The minimum Gasteiger partial charge on any atom is -0.361 e. The topological polar surface area (TPSA) is 96.3 Å². The molecule has 128 valence electrons. The van der Waals surface area contributed by atoms with Crippen molar-refractivity contribution in [3.8, 4) is 0 Å². The molecule has 7 heteroatoms. The summed E-state index contributed by atoms with van der Waals surface area (Å²) in [4.78, 5) is 23.5. The maximum Gasteiger partial charge on any atom is 0.318 e. The quantitative estimate of drug-likeness (QED) is 0.759. The first-order valence-electron chi connectivity index (χ1n) is 7.92. The van der Waals surface area contributed by atoms with Crippen LogP contribution >= 0.6 is 0 Å². The van der Waals surface area contributed by atoms with Crippen LogP contribution in [0.25, 0.3) is 0 Å². The molecule has 1 aromatic carbocycles. The highest BCUT2D eigenvalue weighted by molar-refractivity contribution is 5.93. The number of rotatable bonds is 6. The van der Waals surface area contributed by atoms with Crippen LogP contribution in [0.1, 0.15) is 30.9 Å². The molecule has 0 saturated carbocycles. The Labute approximate surface area is 140 Å². The lowest BCUT2D eigenvalue weighted by atomic mass is 10.1. The Morgan fingerprint density at radius 3 is 2.21 bits per heavy atom. The number of urea groups is 1. The van der Waals surface area contributed by atoms with E-state index >= 15 is 0 Å². The molecular formula is C17H22N4O3. The fourth-order valence-corrected chi connectivity index (χ4v) is 2.33. The van der Waals surface area contributed by atoms with E-state index in [1.807, 2.05) is 13.8 Å². The van der Waals surface area contributed by atoms with E-state index in [9.17, 15) is 9.59 Å². The van der Waals surface area contributed by atoms with Crippen LogP contribution in [0.2, 0.25) is 0 Å². The van der Waals surface area contributed by atoms with Crippen molar-refractivity contribution in [3.63, 3.8) is 0 Å². The van der Waals surface area contributed by atoms with Crippen molar-refractivity contribution in [1.29, 1.82) is 0 Å². The van der Waals surface area contributed by atoms with Crippen molar-refractivity contribution < 1.29 is 14.1 Å². The number of aromatic nitrogens is 1. The average Bonchev–Trinajstić information content (AvgIpc) is 2.98. The third-order valence-electron chi connectivity index (χ3n) is 3.60. The number of benzene rings is 1. The molecule has 0 unspecified atom stereocenters. The van der Waals surface area contributed by atoms with Gasteiger partial charge >= 0.3 is 6.03 Å². The molecule has 3 amide bonds. The van der Waals surface area contributed by atoms with E-state index in [-0.39, 0.29) is 18.4 Å². The molecular weight excluding hydrogens is 308 g/mol. The van der Waals surface area contributed by atoms with Gasteiger partial charge in [0.15, 0.2) is 0 Å². The number of hydrogen-bond acceptors (Lipinski definition) is 4. The highest BCUT2D eigenvalue weighted by atomic mass is 16.5. The molecule has 24 heavy (non-hydrogen) atoms. The van der Waals surface area contributed by atoms with Gasteiger partial charge in [0.1, 0.15) is 5.76 Å².